The molecule has 1 aliphatic heterocycles. The summed E-state index contributed by atoms with van der Waals surface area (Å²) < 4.78 is 165. The molecule has 0 bridgehead atoms. The van der Waals surface area contributed by atoms with E-state index in [1.807, 2.05) is 34.6 Å². The lowest BCUT2D eigenvalue weighted by Crippen LogP contribution is -2.41. The van der Waals surface area contributed by atoms with Gasteiger partial charge in [-0.25, -0.2) is 18.7 Å². The van der Waals surface area contributed by atoms with Crippen LogP contribution in [0.15, 0.2) is 99.3 Å². The zero-order chi connectivity index (χ0) is 46.9. The van der Waals surface area contributed by atoms with Gasteiger partial charge in [0.1, 0.15) is 38.9 Å². The van der Waals surface area contributed by atoms with Crippen molar-refractivity contribution in [1.82, 2.24) is 18.8 Å². The van der Waals surface area contributed by atoms with Crippen LogP contribution in [0.2, 0.25) is 0 Å². The number of nitrogens with zero attached hydrogens (tertiary/aromatic N) is 4. The van der Waals surface area contributed by atoms with Crippen LogP contribution < -0.4 is 26.1 Å². The normalized spacial score (nSPS) is 14.8. The first-order chi connectivity index (χ1) is 29.1. The van der Waals surface area contributed by atoms with Gasteiger partial charge < -0.3 is 18.8 Å². The largest absolute Gasteiger partial charge is 0.497 e. The molecule has 10 nitrogen and oxygen atoms in total. The zero-order valence-electron chi connectivity index (χ0n) is 33.3. The molecule has 336 valence electrons. The zero-order valence-corrected chi connectivity index (χ0v) is 34.9. The van der Waals surface area contributed by atoms with Crippen molar-refractivity contribution in [3.05, 3.63) is 133 Å². The lowest BCUT2D eigenvalue weighted by Gasteiger charge is -2.32. The number of pyridine rings is 2. The molecule has 0 atom stereocenters. The Balaban J connectivity index is 0.000000187. The smallest absolute Gasteiger partial charge is 0.494 e. The molecular formula is C40H33BBrF11N4O6. The fraction of sp³-hybridized carbons (Fsp3) is 0.300. The summed E-state index contributed by atoms with van der Waals surface area (Å²) in [5.41, 5.74) is -7.46. The summed E-state index contributed by atoms with van der Waals surface area (Å²) in [6.45, 7) is 8.44. The van der Waals surface area contributed by atoms with Gasteiger partial charge in [-0.05, 0) is 93.0 Å². The van der Waals surface area contributed by atoms with Crippen molar-refractivity contribution in [3.63, 3.8) is 0 Å². The molecule has 23 heteroatoms. The molecule has 5 heterocycles. The average Bonchev–Trinajstić information content (AvgIpc) is 3.40. The van der Waals surface area contributed by atoms with Crippen LogP contribution in [0.1, 0.15) is 46.0 Å². The van der Waals surface area contributed by atoms with Crippen LogP contribution in [0.5, 0.6) is 11.5 Å². The van der Waals surface area contributed by atoms with Crippen molar-refractivity contribution < 1.29 is 67.1 Å². The van der Waals surface area contributed by atoms with Crippen molar-refractivity contribution in [3.8, 4) is 22.6 Å². The van der Waals surface area contributed by atoms with E-state index in [0.717, 1.165) is 27.1 Å². The van der Waals surface area contributed by atoms with E-state index in [-0.39, 0.29) is 17.1 Å². The van der Waals surface area contributed by atoms with E-state index in [0.29, 0.717) is 23.9 Å². The van der Waals surface area contributed by atoms with Gasteiger partial charge in [0.25, 0.3) is 11.1 Å². The Labute approximate surface area is 358 Å². The van der Waals surface area contributed by atoms with E-state index in [9.17, 15) is 57.9 Å². The molecule has 0 spiro atoms. The van der Waals surface area contributed by atoms with Crippen molar-refractivity contribution in [2.45, 2.75) is 64.3 Å². The number of benzene rings is 2. The second-order valence-electron chi connectivity index (χ2n) is 14.3. The number of fused-ring (bicyclic) bond motifs is 2. The fourth-order valence-electron chi connectivity index (χ4n) is 5.67. The van der Waals surface area contributed by atoms with Gasteiger partial charge in [0, 0.05) is 35.6 Å². The summed E-state index contributed by atoms with van der Waals surface area (Å²) in [4.78, 5) is 30.9. The molecule has 0 aliphatic carbocycles. The van der Waals surface area contributed by atoms with Gasteiger partial charge >= 0.3 is 25.6 Å². The second kappa shape index (κ2) is 18.3. The third-order valence-corrected chi connectivity index (χ3v) is 10.1. The van der Waals surface area contributed by atoms with Gasteiger partial charge in [0.05, 0.1) is 23.4 Å². The van der Waals surface area contributed by atoms with Gasteiger partial charge in [-0.15, -0.1) is 0 Å². The predicted octanol–water partition coefficient (Wildman–Crippen LogP) is 9.46. The van der Waals surface area contributed by atoms with E-state index < -0.39 is 93.1 Å². The number of aromatic nitrogens is 4. The van der Waals surface area contributed by atoms with E-state index in [2.05, 4.69) is 30.6 Å². The number of ether oxygens (including phenoxy) is 2. The van der Waals surface area contributed by atoms with Gasteiger partial charge in [0.2, 0.25) is 0 Å². The highest BCUT2D eigenvalue weighted by Crippen LogP contribution is 2.38. The topological polar surface area (TPSA) is 106 Å². The Morgan fingerprint density at radius 1 is 0.683 bits per heavy atom. The maximum absolute atomic E-state index is 14.4. The highest BCUT2D eigenvalue weighted by atomic mass is 79.9. The van der Waals surface area contributed by atoms with E-state index >= 15 is 0 Å². The molecule has 63 heavy (non-hydrogen) atoms. The molecule has 0 N–H and O–H groups in total. The third-order valence-electron chi connectivity index (χ3n) is 9.35. The van der Waals surface area contributed by atoms with E-state index in [4.69, 9.17) is 14.0 Å². The molecular weight excluding hydrogens is 932 g/mol. The van der Waals surface area contributed by atoms with Gasteiger partial charge in [0.15, 0.2) is 18.0 Å². The van der Waals surface area contributed by atoms with Gasteiger partial charge in [-0.1, -0.05) is 18.2 Å². The fourth-order valence-corrected chi connectivity index (χ4v) is 6.18. The van der Waals surface area contributed by atoms with E-state index in [1.165, 1.54) is 48.7 Å². The molecule has 1 saturated heterocycles. The first-order valence-electron chi connectivity index (χ1n) is 18.2. The number of rotatable bonds is 6. The summed E-state index contributed by atoms with van der Waals surface area (Å²) in [6, 6.07) is 15.1. The quantitative estimate of drug-likeness (QED) is 0.120. The van der Waals surface area contributed by atoms with Gasteiger partial charge in [-0.2, -0.15) is 39.5 Å². The first-order valence-corrected chi connectivity index (χ1v) is 19.0. The maximum atomic E-state index is 14.4. The number of halogens is 12. The SMILES string of the molecule is CCOc1ccc(B2OC(C)(C)C(C)(C)O2)c(F)c1.O=c1c(-c2ccc(OCC(F)(F)F)cc2F)c(C(F)(F)F)nc2ccccn12.O=c1c(Br)c(C(F)(F)F)nc2ccccn12. The summed E-state index contributed by atoms with van der Waals surface area (Å²) in [6.07, 6.45) is -11.9. The Morgan fingerprint density at radius 3 is 1.67 bits per heavy atom. The van der Waals surface area contributed by atoms with Crippen molar-refractivity contribution in [2.75, 3.05) is 13.2 Å². The minimum absolute atomic E-state index is 0.0389. The summed E-state index contributed by atoms with van der Waals surface area (Å²) in [5, 5.41) is 0. The summed E-state index contributed by atoms with van der Waals surface area (Å²) in [7, 11) is -0.680. The summed E-state index contributed by atoms with van der Waals surface area (Å²) >= 11 is 2.62. The van der Waals surface area contributed by atoms with Crippen LogP contribution in [-0.2, 0) is 21.7 Å². The molecule has 1 fully saturated rings. The summed E-state index contributed by atoms with van der Waals surface area (Å²) in [5.74, 6) is -1.77. The molecule has 0 radical (unpaired) electrons. The van der Waals surface area contributed by atoms with Crippen molar-refractivity contribution >= 4 is 39.8 Å². The Kier molecular flexibility index (Phi) is 14.1. The standard InChI is InChI=1S/C17H9F7N2O2.C14H20BFO3.C9H4BrF3N2O/c18-11-7-9(28-8-16(19,20)21)4-5-10(11)13-14(17(22,23)24)25-12-3-1-2-6-26(12)15(13)27;1-6-17-10-7-8-11(12(16)9-10)15-18-13(2,3)14(4,5)19-15;10-6-7(9(11,12)13)14-5-3-1-2-4-15(5)8(6)16/h1-7H,8H2;7-9H,6H2,1-5H3;1-4H. The minimum atomic E-state index is -5.07. The number of alkyl halides is 9. The first kappa shape index (κ1) is 48.5. The molecule has 0 saturated carbocycles. The Hall–Kier alpha value is -5.55. The highest BCUT2D eigenvalue weighted by Gasteiger charge is 2.52. The van der Waals surface area contributed by atoms with Crippen molar-refractivity contribution in [1.29, 1.82) is 0 Å². The monoisotopic (exact) mass is 964 g/mol. The molecule has 6 aromatic rings. The number of hydrogen-bond acceptors (Lipinski definition) is 8. The molecule has 4 aromatic heterocycles. The van der Waals surface area contributed by atoms with Crippen LogP contribution >= 0.6 is 15.9 Å². The molecule has 0 amide bonds. The lowest BCUT2D eigenvalue weighted by molar-refractivity contribution is -0.153. The number of hydrogen-bond donors (Lipinski definition) is 0. The predicted molar refractivity (Wildman–Crippen MR) is 211 cm³/mol. The highest BCUT2D eigenvalue weighted by molar-refractivity contribution is 9.10. The minimum Gasteiger partial charge on any atom is -0.494 e. The van der Waals surface area contributed by atoms with Crippen LogP contribution in [0.3, 0.4) is 0 Å². The van der Waals surface area contributed by atoms with Crippen LogP contribution in [0.25, 0.3) is 22.4 Å². The molecule has 2 aromatic carbocycles. The Bertz CT molecular complexity index is 2730. The molecule has 1 aliphatic rings. The van der Waals surface area contributed by atoms with E-state index in [1.54, 1.807) is 12.1 Å². The van der Waals surface area contributed by atoms with Crippen molar-refractivity contribution in [2.24, 2.45) is 0 Å². The Morgan fingerprint density at radius 2 is 1.17 bits per heavy atom. The lowest BCUT2D eigenvalue weighted by atomic mass is 9.78. The third kappa shape index (κ3) is 11.2. The molecule has 7 rings (SSSR count). The van der Waals surface area contributed by atoms with Crippen LogP contribution in [0, 0.1) is 11.6 Å². The van der Waals surface area contributed by atoms with Crippen LogP contribution in [0.4, 0.5) is 48.3 Å². The van der Waals surface area contributed by atoms with Crippen LogP contribution in [-0.4, -0.2) is 56.5 Å². The average molecular weight is 965 g/mol. The second-order valence-corrected chi connectivity index (χ2v) is 15.1. The van der Waals surface area contributed by atoms with Gasteiger partial charge in [-0.3, -0.25) is 18.4 Å². The molecule has 0 unspecified atom stereocenters. The maximum Gasteiger partial charge on any atom is 0.497 e.